The average Bonchev–Trinajstić information content (AvgIpc) is 2.79. The minimum absolute atomic E-state index is 0.0365. The first kappa shape index (κ1) is 13.0. The smallest absolute Gasteiger partial charge is 0.257 e. The van der Waals surface area contributed by atoms with Gasteiger partial charge >= 0.3 is 0 Å². The molecule has 106 valence electrons. The van der Waals surface area contributed by atoms with Gasteiger partial charge in [0.25, 0.3) is 5.91 Å². The number of nitrogens with one attached hydrogen (secondary N) is 1. The summed E-state index contributed by atoms with van der Waals surface area (Å²) in [6, 6.07) is 1.40. The first-order valence-corrected chi connectivity index (χ1v) is 6.79. The fourth-order valence-electron chi connectivity index (χ4n) is 3.10. The Bertz CT molecular complexity index is 563. The fraction of sp³-hybridized carbons (Fsp3) is 0.500. The second-order valence-corrected chi connectivity index (χ2v) is 5.51. The molecule has 1 unspecified atom stereocenters. The van der Waals surface area contributed by atoms with E-state index in [2.05, 4.69) is 10.3 Å². The number of pyridine rings is 1. The Morgan fingerprint density at radius 2 is 2.30 bits per heavy atom. The maximum absolute atomic E-state index is 13.6. The highest BCUT2D eigenvalue weighted by molar-refractivity contribution is 5.94. The molecule has 1 spiro atoms. The summed E-state index contributed by atoms with van der Waals surface area (Å²) < 4.78 is 13.6. The van der Waals surface area contributed by atoms with Gasteiger partial charge in [-0.1, -0.05) is 0 Å². The predicted molar refractivity (Wildman–Crippen MR) is 69.4 cm³/mol. The molecule has 0 radical (unpaired) electrons. The summed E-state index contributed by atoms with van der Waals surface area (Å²) in [6.07, 6.45) is 5.40. The van der Waals surface area contributed by atoms with Crippen molar-refractivity contribution in [3.05, 3.63) is 29.8 Å². The van der Waals surface area contributed by atoms with Crippen LogP contribution in [0.2, 0.25) is 0 Å². The number of piperidine rings is 1. The van der Waals surface area contributed by atoms with Gasteiger partial charge in [-0.05, 0) is 25.3 Å². The van der Waals surface area contributed by atoms with Crippen LogP contribution >= 0.6 is 0 Å². The van der Waals surface area contributed by atoms with Gasteiger partial charge in [0.05, 0.1) is 17.3 Å². The molecule has 1 aromatic rings. The Morgan fingerprint density at radius 3 is 3.00 bits per heavy atom. The van der Waals surface area contributed by atoms with E-state index < -0.39 is 5.82 Å². The minimum Gasteiger partial charge on any atom is -0.349 e. The molecule has 1 aromatic heterocycles. The van der Waals surface area contributed by atoms with Crippen molar-refractivity contribution in [3.8, 4) is 0 Å². The van der Waals surface area contributed by atoms with Crippen molar-refractivity contribution >= 4 is 11.8 Å². The number of halogens is 1. The Labute approximate surface area is 116 Å². The third-order valence-corrected chi connectivity index (χ3v) is 4.10. The van der Waals surface area contributed by atoms with Crippen molar-refractivity contribution in [2.24, 2.45) is 0 Å². The van der Waals surface area contributed by atoms with Crippen LogP contribution in [0.4, 0.5) is 4.39 Å². The topological polar surface area (TPSA) is 62.3 Å². The quantitative estimate of drug-likeness (QED) is 0.836. The third-order valence-electron chi connectivity index (χ3n) is 4.10. The summed E-state index contributed by atoms with van der Waals surface area (Å²) in [4.78, 5) is 29.1. The molecule has 2 amide bonds. The summed E-state index contributed by atoms with van der Waals surface area (Å²) >= 11 is 0. The summed E-state index contributed by atoms with van der Waals surface area (Å²) in [7, 11) is 0. The van der Waals surface area contributed by atoms with E-state index >= 15 is 0 Å². The molecule has 3 heterocycles. The predicted octanol–water partition coefficient (Wildman–Crippen LogP) is 1.11. The molecular formula is C14H16FN3O2. The zero-order valence-electron chi connectivity index (χ0n) is 11.1. The number of likely N-dealkylation sites (tertiary alicyclic amines) is 1. The fourth-order valence-corrected chi connectivity index (χ4v) is 3.10. The van der Waals surface area contributed by atoms with Gasteiger partial charge in [0.2, 0.25) is 5.91 Å². The lowest BCUT2D eigenvalue weighted by Crippen LogP contribution is -2.56. The van der Waals surface area contributed by atoms with Crippen molar-refractivity contribution in [2.75, 3.05) is 13.1 Å². The molecule has 0 aliphatic carbocycles. The lowest BCUT2D eigenvalue weighted by Gasteiger charge is -2.40. The maximum atomic E-state index is 13.6. The highest BCUT2D eigenvalue weighted by Gasteiger charge is 2.42. The molecule has 0 saturated carbocycles. The zero-order valence-corrected chi connectivity index (χ0v) is 11.1. The van der Waals surface area contributed by atoms with Crippen molar-refractivity contribution in [3.63, 3.8) is 0 Å². The molecule has 6 heteroatoms. The van der Waals surface area contributed by atoms with Crippen molar-refractivity contribution < 1.29 is 14.0 Å². The lowest BCUT2D eigenvalue weighted by molar-refractivity contribution is -0.120. The highest BCUT2D eigenvalue weighted by Crippen LogP contribution is 2.30. The van der Waals surface area contributed by atoms with Gasteiger partial charge in [-0.15, -0.1) is 0 Å². The maximum Gasteiger partial charge on any atom is 0.257 e. The van der Waals surface area contributed by atoms with Crippen LogP contribution in [0.3, 0.4) is 0 Å². The SMILES string of the molecule is O=C1CCC2(CCCN(C(=O)c3ccncc3F)C2)N1. The van der Waals surface area contributed by atoms with Crippen LogP contribution < -0.4 is 5.32 Å². The van der Waals surface area contributed by atoms with Gasteiger partial charge in [-0.3, -0.25) is 14.6 Å². The van der Waals surface area contributed by atoms with E-state index in [1.54, 1.807) is 4.90 Å². The largest absolute Gasteiger partial charge is 0.349 e. The number of nitrogens with zero attached hydrogens (tertiary/aromatic N) is 2. The van der Waals surface area contributed by atoms with Crippen LogP contribution in [-0.2, 0) is 4.79 Å². The molecule has 2 aliphatic rings. The number of hydrogen-bond acceptors (Lipinski definition) is 3. The monoisotopic (exact) mass is 277 g/mol. The van der Waals surface area contributed by atoms with E-state index in [9.17, 15) is 14.0 Å². The molecular weight excluding hydrogens is 261 g/mol. The first-order chi connectivity index (χ1) is 9.60. The van der Waals surface area contributed by atoms with E-state index in [-0.39, 0.29) is 22.9 Å². The van der Waals surface area contributed by atoms with Crippen LogP contribution in [0.15, 0.2) is 18.5 Å². The van der Waals surface area contributed by atoms with Crippen molar-refractivity contribution in [1.82, 2.24) is 15.2 Å². The second kappa shape index (κ2) is 4.85. The number of rotatable bonds is 1. The molecule has 20 heavy (non-hydrogen) atoms. The standard InChI is InChI=1S/C14H16FN3O2/c15-11-8-16-6-3-10(11)13(20)18-7-1-4-14(9-18)5-2-12(19)17-14/h3,6,8H,1-2,4-5,7,9H2,(H,17,19). The molecule has 2 saturated heterocycles. The molecule has 0 aromatic carbocycles. The number of carbonyl (C=O) groups excluding carboxylic acids is 2. The Balaban J connectivity index is 1.79. The molecule has 0 bridgehead atoms. The number of aromatic nitrogens is 1. The number of amides is 2. The van der Waals surface area contributed by atoms with Crippen LogP contribution in [0.5, 0.6) is 0 Å². The summed E-state index contributed by atoms with van der Waals surface area (Å²) in [5, 5.41) is 2.98. The number of hydrogen-bond donors (Lipinski definition) is 1. The van der Waals surface area contributed by atoms with Gasteiger partial charge in [0, 0.05) is 25.7 Å². The highest BCUT2D eigenvalue weighted by atomic mass is 19.1. The van der Waals surface area contributed by atoms with Crippen LogP contribution in [0.25, 0.3) is 0 Å². The summed E-state index contributed by atoms with van der Waals surface area (Å²) in [5.74, 6) is -0.896. The number of carbonyl (C=O) groups is 2. The Morgan fingerprint density at radius 1 is 1.45 bits per heavy atom. The molecule has 3 rings (SSSR count). The van der Waals surface area contributed by atoms with Gasteiger partial charge in [-0.2, -0.15) is 0 Å². The van der Waals surface area contributed by atoms with Gasteiger partial charge in [0.1, 0.15) is 0 Å². The van der Waals surface area contributed by atoms with E-state index in [1.165, 1.54) is 12.3 Å². The third kappa shape index (κ3) is 2.26. The van der Waals surface area contributed by atoms with Crippen LogP contribution in [-0.4, -0.2) is 40.3 Å². The summed E-state index contributed by atoms with van der Waals surface area (Å²) in [5.41, 5.74) is -0.268. The molecule has 1 atom stereocenters. The molecule has 1 N–H and O–H groups in total. The molecule has 2 fully saturated rings. The summed E-state index contributed by atoms with van der Waals surface area (Å²) in [6.45, 7) is 1.05. The van der Waals surface area contributed by atoms with Crippen LogP contribution in [0, 0.1) is 5.82 Å². The van der Waals surface area contributed by atoms with E-state index in [1.807, 2.05) is 0 Å². The first-order valence-electron chi connectivity index (χ1n) is 6.79. The normalized spacial score (nSPS) is 25.9. The molecule has 5 nitrogen and oxygen atoms in total. The average molecular weight is 277 g/mol. The Kier molecular flexibility index (Phi) is 3.16. The lowest BCUT2D eigenvalue weighted by atomic mass is 9.87. The van der Waals surface area contributed by atoms with Crippen LogP contribution in [0.1, 0.15) is 36.0 Å². The van der Waals surface area contributed by atoms with Crippen molar-refractivity contribution in [1.29, 1.82) is 0 Å². The minimum atomic E-state index is -0.604. The van der Waals surface area contributed by atoms with E-state index in [0.717, 1.165) is 25.5 Å². The van der Waals surface area contributed by atoms with Gasteiger partial charge in [0.15, 0.2) is 5.82 Å². The Hall–Kier alpha value is -1.98. The second-order valence-electron chi connectivity index (χ2n) is 5.51. The zero-order chi connectivity index (χ0) is 14.2. The molecule has 2 aliphatic heterocycles. The van der Waals surface area contributed by atoms with E-state index in [4.69, 9.17) is 0 Å². The van der Waals surface area contributed by atoms with E-state index in [0.29, 0.717) is 19.5 Å². The van der Waals surface area contributed by atoms with Crippen molar-refractivity contribution in [2.45, 2.75) is 31.2 Å². The van der Waals surface area contributed by atoms with Gasteiger partial charge < -0.3 is 10.2 Å². The van der Waals surface area contributed by atoms with Gasteiger partial charge in [-0.25, -0.2) is 4.39 Å².